The maximum atomic E-state index is 13.8. The normalized spacial score (nSPS) is 27.3. The van der Waals surface area contributed by atoms with Gasteiger partial charge in [-0.3, -0.25) is 0 Å². The third kappa shape index (κ3) is 3.39. The van der Waals surface area contributed by atoms with Gasteiger partial charge in [-0.1, -0.05) is 0 Å². The van der Waals surface area contributed by atoms with Crippen molar-refractivity contribution in [2.24, 2.45) is 4.36 Å². The number of rotatable bonds is 3. The van der Waals surface area contributed by atoms with E-state index < -0.39 is 10.3 Å². The molecule has 1 saturated heterocycles. The molecule has 0 N–H and O–H groups in total. The highest BCUT2D eigenvalue weighted by molar-refractivity contribution is 7.86. The lowest BCUT2D eigenvalue weighted by atomic mass is 10.2. The Morgan fingerprint density at radius 1 is 1.53 bits per heavy atom. The molecule has 0 aromatic rings. The Morgan fingerprint density at radius 2 is 2.13 bits per heavy atom. The largest absolute Gasteiger partial charge is 0.305 e. The van der Waals surface area contributed by atoms with E-state index in [1.807, 2.05) is 19.0 Å². The molecular formula is C9H20FN3OS. The molecule has 0 aliphatic carbocycles. The van der Waals surface area contributed by atoms with Crippen molar-refractivity contribution in [3.05, 3.63) is 0 Å². The standard InChI is InChI=1S/C9H20FN3OS/c1-8(2)11-15(10,14)13-6-5-9(7-13)12(3)4/h8-9H,5-7H2,1-4H3. The van der Waals surface area contributed by atoms with E-state index in [0.717, 1.165) is 6.42 Å². The Bertz CT molecular complexity index is 323. The van der Waals surface area contributed by atoms with Gasteiger partial charge in [0.15, 0.2) is 0 Å². The average Bonchev–Trinajstić information content (AvgIpc) is 2.48. The van der Waals surface area contributed by atoms with Gasteiger partial charge in [0.1, 0.15) is 0 Å². The first-order chi connectivity index (χ1) is 6.83. The van der Waals surface area contributed by atoms with Crippen LogP contribution in [-0.4, -0.2) is 52.7 Å². The summed E-state index contributed by atoms with van der Waals surface area (Å²) in [5.41, 5.74) is 0. The molecule has 1 aliphatic heterocycles. The molecule has 90 valence electrons. The molecule has 0 saturated carbocycles. The SMILES string of the molecule is CC(C)N=S(=O)(F)N1CCC(N(C)C)C1. The zero-order valence-electron chi connectivity index (χ0n) is 9.81. The summed E-state index contributed by atoms with van der Waals surface area (Å²) in [5, 5.41) is 0. The number of likely N-dealkylation sites (N-methyl/N-ethyl adjacent to an activating group) is 1. The van der Waals surface area contributed by atoms with Gasteiger partial charge in [0.05, 0.1) is 6.04 Å². The van der Waals surface area contributed by atoms with E-state index in [0.29, 0.717) is 13.1 Å². The molecule has 2 unspecified atom stereocenters. The van der Waals surface area contributed by atoms with Gasteiger partial charge in [-0.05, 0) is 34.4 Å². The Hall–Kier alpha value is -0.200. The number of halogens is 1. The van der Waals surface area contributed by atoms with Gasteiger partial charge < -0.3 is 4.90 Å². The molecule has 1 aliphatic rings. The minimum atomic E-state index is -3.64. The lowest BCUT2D eigenvalue weighted by molar-refractivity contribution is 0.302. The molecule has 0 radical (unpaired) electrons. The summed E-state index contributed by atoms with van der Waals surface area (Å²) in [4.78, 5) is 2.03. The summed E-state index contributed by atoms with van der Waals surface area (Å²) >= 11 is 0. The van der Waals surface area contributed by atoms with Crippen molar-refractivity contribution in [2.45, 2.75) is 32.4 Å². The second-order valence-electron chi connectivity index (χ2n) is 4.42. The van der Waals surface area contributed by atoms with Crippen LogP contribution in [0, 0.1) is 0 Å². The second-order valence-corrected chi connectivity index (χ2v) is 6.02. The van der Waals surface area contributed by atoms with Crippen LogP contribution in [0.2, 0.25) is 0 Å². The van der Waals surface area contributed by atoms with Gasteiger partial charge in [0.25, 0.3) is 10.3 Å². The molecule has 0 amide bonds. The van der Waals surface area contributed by atoms with Crippen LogP contribution in [0.4, 0.5) is 3.89 Å². The van der Waals surface area contributed by atoms with E-state index >= 15 is 0 Å². The van der Waals surface area contributed by atoms with E-state index in [-0.39, 0.29) is 12.1 Å². The number of hydrogen-bond donors (Lipinski definition) is 0. The lowest BCUT2D eigenvalue weighted by Gasteiger charge is -2.19. The van der Waals surface area contributed by atoms with Gasteiger partial charge in [0.2, 0.25) is 0 Å². The predicted octanol–water partition coefficient (Wildman–Crippen LogP) is 1.30. The molecule has 1 fully saturated rings. The predicted molar refractivity (Wildman–Crippen MR) is 60.5 cm³/mol. The van der Waals surface area contributed by atoms with Crippen LogP contribution in [0.15, 0.2) is 4.36 Å². The van der Waals surface area contributed by atoms with E-state index in [1.54, 1.807) is 13.8 Å². The fourth-order valence-corrected chi connectivity index (χ4v) is 3.00. The zero-order chi connectivity index (χ0) is 11.6. The van der Waals surface area contributed by atoms with Crippen LogP contribution in [0.1, 0.15) is 20.3 Å². The van der Waals surface area contributed by atoms with Crippen molar-refractivity contribution in [3.8, 4) is 0 Å². The van der Waals surface area contributed by atoms with Crippen molar-refractivity contribution in [2.75, 3.05) is 27.2 Å². The average molecular weight is 237 g/mol. The first-order valence-electron chi connectivity index (χ1n) is 5.20. The van der Waals surface area contributed by atoms with E-state index in [1.165, 1.54) is 4.31 Å². The fraction of sp³-hybridized carbons (Fsp3) is 1.00. The second kappa shape index (κ2) is 4.76. The van der Waals surface area contributed by atoms with Gasteiger partial charge in [-0.15, -0.1) is 3.89 Å². The highest BCUT2D eigenvalue weighted by Crippen LogP contribution is 2.20. The van der Waals surface area contributed by atoms with Gasteiger partial charge in [-0.25, -0.2) is 0 Å². The third-order valence-corrected chi connectivity index (χ3v) is 4.17. The summed E-state index contributed by atoms with van der Waals surface area (Å²) in [6.45, 7) is 4.49. The minimum absolute atomic E-state index is 0.235. The first kappa shape index (κ1) is 12.9. The molecule has 15 heavy (non-hydrogen) atoms. The topological polar surface area (TPSA) is 35.9 Å². The minimum Gasteiger partial charge on any atom is -0.305 e. The van der Waals surface area contributed by atoms with E-state index in [9.17, 15) is 8.09 Å². The van der Waals surface area contributed by atoms with Crippen molar-refractivity contribution in [1.82, 2.24) is 9.21 Å². The summed E-state index contributed by atoms with van der Waals surface area (Å²) < 4.78 is 30.4. The van der Waals surface area contributed by atoms with Crippen LogP contribution in [0.25, 0.3) is 0 Å². The molecule has 0 spiro atoms. The van der Waals surface area contributed by atoms with E-state index in [2.05, 4.69) is 4.36 Å². The maximum absolute atomic E-state index is 13.8. The Kier molecular flexibility index (Phi) is 4.08. The summed E-state index contributed by atoms with van der Waals surface area (Å²) in [6, 6.07) is 0.0462. The highest BCUT2D eigenvalue weighted by Gasteiger charge is 2.31. The van der Waals surface area contributed by atoms with Crippen LogP contribution in [-0.2, 0) is 10.3 Å². The van der Waals surface area contributed by atoms with Crippen molar-refractivity contribution in [1.29, 1.82) is 0 Å². The smallest absolute Gasteiger partial charge is 0.271 e. The molecule has 4 nitrogen and oxygen atoms in total. The van der Waals surface area contributed by atoms with Crippen LogP contribution in [0.3, 0.4) is 0 Å². The fourth-order valence-electron chi connectivity index (χ4n) is 1.66. The van der Waals surface area contributed by atoms with Gasteiger partial charge in [0, 0.05) is 19.1 Å². The zero-order valence-corrected chi connectivity index (χ0v) is 10.6. The third-order valence-electron chi connectivity index (χ3n) is 2.52. The molecular weight excluding hydrogens is 217 g/mol. The Morgan fingerprint density at radius 3 is 2.53 bits per heavy atom. The molecule has 0 bridgehead atoms. The maximum Gasteiger partial charge on any atom is 0.271 e. The highest BCUT2D eigenvalue weighted by atomic mass is 32.3. The van der Waals surface area contributed by atoms with Crippen molar-refractivity contribution >= 4 is 10.3 Å². The summed E-state index contributed by atoms with van der Waals surface area (Å²) in [6.07, 6.45) is 0.849. The van der Waals surface area contributed by atoms with Crippen LogP contribution < -0.4 is 0 Å². The quantitative estimate of drug-likeness (QED) is 0.694. The molecule has 1 rings (SSSR count). The van der Waals surface area contributed by atoms with Crippen molar-refractivity contribution in [3.63, 3.8) is 0 Å². The number of nitrogens with zero attached hydrogens (tertiary/aromatic N) is 3. The Labute approximate surface area is 92.0 Å². The van der Waals surface area contributed by atoms with Crippen LogP contribution >= 0.6 is 0 Å². The lowest BCUT2D eigenvalue weighted by Crippen LogP contribution is -2.33. The summed E-state index contributed by atoms with van der Waals surface area (Å²) in [7, 11) is 0.260. The van der Waals surface area contributed by atoms with Gasteiger partial charge >= 0.3 is 0 Å². The monoisotopic (exact) mass is 237 g/mol. The molecule has 0 aromatic carbocycles. The Balaban J connectivity index is 2.72. The van der Waals surface area contributed by atoms with Gasteiger partial charge in [-0.2, -0.15) is 12.9 Å². The first-order valence-corrected chi connectivity index (χ1v) is 6.57. The molecule has 0 aromatic heterocycles. The van der Waals surface area contributed by atoms with E-state index in [4.69, 9.17) is 0 Å². The van der Waals surface area contributed by atoms with Crippen LogP contribution in [0.5, 0.6) is 0 Å². The molecule has 2 atom stereocenters. The molecule has 6 heteroatoms. The number of hydrogen-bond acceptors (Lipinski definition) is 3. The van der Waals surface area contributed by atoms with Crippen molar-refractivity contribution < 1.29 is 8.09 Å². The molecule has 1 heterocycles. The summed E-state index contributed by atoms with van der Waals surface area (Å²) in [5.74, 6) is 0.